The maximum atomic E-state index is 13.4. The average Bonchev–Trinajstić information content (AvgIpc) is 3.29. The molecule has 1 N–H and O–H groups in total. The van der Waals surface area contributed by atoms with Crippen LogP contribution in [0.1, 0.15) is 59.1 Å². The van der Waals surface area contributed by atoms with Gasteiger partial charge in [-0.3, -0.25) is 4.79 Å². The van der Waals surface area contributed by atoms with Crippen LogP contribution < -0.4 is 10.2 Å². The van der Waals surface area contributed by atoms with Crippen molar-refractivity contribution in [3.05, 3.63) is 53.7 Å². The molecule has 2 aromatic rings. The van der Waals surface area contributed by atoms with Gasteiger partial charge >= 0.3 is 6.03 Å². The molecule has 172 valence electrons. The van der Waals surface area contributed by atoms with Gasteiger partial charge in [-0.2, -0.15) is 5.26 Å². The van der Waals surface area contributed by atoms with E-state index in [0.717, 1.165) is 23.4 Å². The normalized spacial score (nSPS) is 23.1. The molecular weight excluding hydrogens is 414 g/mol. The first-order valence-corrected chi connectivity index (χ1v) is 11.3. The lowest BCUT2D eigenvalue weighted by atomic mass is 9.89. The summed E-state index contributed by atoms with van der Waals surface area (Å²) < 4.78 is 0. The van der Waals surface area contributed by atoms with Crippen LogP contribution in [-0.2, 0) is 16.8 Å². The molecule has 1 saturated heterocycles. The summed E-state index contributed by atoms with van der Waals surface area (Å²) in [5.41, 5.74) is 0.778. The lowest BCUT2D eigenvalue weighted by Gasteiger charge is -2.27. The smallest absolute Gasteiger partial charge is 0.332 e. The highest BCUT2D eigenvalue weighted by molar-refractivity contribution is 6.22. The molecule has 4 rings (SSSR count). The molecule has 1 aliphatic carbocycles. The highest BCUT2D eigenvalue weighted by atomic mass is 16.2. The molecule has 1 saturated carbocycles. The molecule has 33 heavy (non-hydrogen) atoms. The van der Waals surface area contributed by atoms with Crippen LogP contribution in [0.25, 0.3) is 0 Å². The largest absolute Gasteiger partial charge is 0.368 e. The van der Waals surface area contributed by atoms with Gasteiger partial charge in [0.05, 0.1) is 17.2 Å². The number of urea groups is 1. The van der Waals surface area contributed by atoms with Gasteiger partial charge in [0.2, 0.25) is 0 Å². The van der Waals surface area contributed by atoms with E-state index in [1.165, 1.54) is 4.90 Å². The number of rotatable bonds is 6. The fourth-order valence-corrected chi connectivity index (χ4v) is 4.72. The van der Waals surface area contributed by atoms with Crippen LogP contribution in [0.15, 0.2) is 42.6 Å². The van der Waals surface area contributed by atoms with E-state index in [4.69, 9.17) is 0 Å². The first kappa shape index (κ1) is 22.8. The molecule has 2 heterocycles. The van der Waals surface area contributed by atoms with Crippen molar-refractivity contribution in [3.8, 4) is 6.07 Å². The third kappa shape index (κ3) is 3.64. The highest BCUT2D eigenvalue weighted by Crippen LogP contribution is 2.63. The molecule has 7 nitrogen and oxygen atoms in total. The van der Waals surface area contributed by atoms with Gasteiger partial charge in [-0.25, -0.2) is 14.7 Å². The molecule has 2 fully saturated rings. The van der Waals surface area contributed by atoms with Gasteiger partial charge in [-0.05, 0) is 74.9 Å². The van der Waals surface area contributed by atoms with Crippen molar-refractivity contribution in [1.82, 2.24) is 9.88 Å². The van der Waals surface area contributed by atoms with Crippen molar-refractivity contribution >= 4 is 23.4 Å². The Bertz CT molecular complexity index is 1150. The number of hydrogen-bond acceptors (Lipinski definition) is 5. The number of hydrogen-bond donors (Lipinski definition) is 1. The van der Waals surface area contributed by atoms with Crippen LogP contribution >= 0.6 is 0 Å². The van der Waals surface area contributed by atoms with Crippen molar-refractivity contribution in [2.75, 3.05) is 10.2 Å². The SMILES string of the molecule is CC(C)Nc1cc(CN2C(=O)N(c3ccc(C4(C#N)CC4(C)C)cc3)C(=O)C2(C)C)ccn1. The van der Waals surface area contributed by atoms with Gasteiger partial charge in [-0.15, -0.1) is 0 Å². The molecule has 2 aliphatic rings. The number of pyridine rings is 1. The fraction of sp³-hybridized carbons (Fsp3) is 0.462. The second-order valence-electron chi connectivity index (χ2n) is 10.5. The molecule has 1 aromatic heterocycles. The highest BCUT2D eigenvalue weighted by Gasteiger charge is 2.63. The lowest BCUT2D eigenvalue weighted by molar-refractivity contribution is -0.123. The number of imide groups is 1. The van der Waals surface area contributed by atoms with Gasteiger partial charge in [0, 0.05) is 18.8 Å². The van der Waals surface area contributed by atoms with Gasteiger partial charge in [0.25, 0.3) is 5.91 Å². The number of nitrogens with one attached hydrogen (secondary N) is 1. The second-order valence-corrected chi connectivity index (χ2v) is 10.5. The van der Waals surface area contributed by atoms with E-state index >= 15 is 0 Å². The Balaban J connectivity index is 1.59. The summed E-state index contributed by atoms with van der Waals surface area (Å²) in [5, 5.41) is 13.0. The number of amides is 3. The number of anilines is 2. The third-order valence-corrected chi connectivity index (χ3v) is 6.97. The Hall–Kier alpha value is -3.40. The van der Waals surface area contributed by atoms with Crippen molar-refractivity contribution in [1.29, 1.82) is 5.26 Å². The first-order chi connectivity index (χ1) is 15.4. The predicted molar refractivity (Wildman–Crippen MR) is 128 cm³/mol. The molecule has 1 aliphatic heterocycles. The second kappa shape index (κ2) is 7.58. The summed E-state index contributed by atoms with van der Waals surface area (Å²) in [5.74, 6) is 0.469. The summed E-state index contributed by atoms with van der Waals surface area (Å²) in [6, 6.07) is 13.4. The maximum Gasteiger partial charge on any atom is 0.332 e. The van der Waals surface area contributed by atoms with Crippen LogP contribution in [0.4, 0.5) is 16.3 Å². The Morgan fingerprint density at radius 3 is 2.30 bits per heavy atom. The zero-order chi connectivity index (χ0) is 24.2. The van der Waals surface area contributed by atoms with Crippen LogP contribution in [0.2, 0.25) is 0 Å². The minimum absolute atomic E-state index is 0.0742. The van der Waals surface area contributed by atoms with E-state index < -0.39 is 11.0 Å². The molecule has 0 bridgehead atoms. The number of carbonyl (C=O) groups is 2. The third-order valence-electron chi connectivity index (χ3n) is 6.97. The van der Waals surface area contributed by atoms with Gasteiger partial charge < -0.3 is 10.2 Å². The molecular formula is C26H31N5O2. The minimum atomic E-state index is -0.989. The van der Waals surface area contributed by atoms with Crippen LogP contribution in [-0.4, -0.2) is 33.4 Å². The zero-order valence-electron chi connectivity index (χ0n) is 20.1. The number of benzene rings is 1. The predicted octanol–water partition coefficient (Wildman–Crippen LogP) is 4.84. The molecule has 0 radical (unpaired) electrons. The summed E-state index contributed by atoms with van der Waals surface area (Å²) in [7, 11) is 0. The van der Waals surface area contributed by atoms with Gasteiger partial charge in [0.15, 0.2) is 0 Å². The van der Waals surface area contributed by atoms with E-state index in [-0.39, 0.29) is 23.4 Å². The Labute approximate surface area is 195 Å². The zero-order valence-corrected chi connectivity index (χ0v) is 20.1. The van der Waals surface area contributed by atoms with Gasteiger partial charge in [-0.1, -0.05) is 26.0 Å². The van der Waals surface area contributed by atoms with Crippen molar-refractivity contribution < 1.29 is 9.59 Å². The maximum absolute atomic E-state index is 13.4. The van der Waals surface area contributed by atoms with Crippen molar-refractivity contribution in [2.24, 2.45) is 5.41 Å². The molecule has 1 unspecified atom stereocenters. The lowest BCUT2D eigenvalue weighted by Crippen LogP contribution is -2.43. The summed E-state index contributed by atoms with van der Waals surface area (Å²) in [6.45, 7) is 12.1. The average molecular weight is 446 g/mol. The van der Waals surface area contributed by atoms with E-state index in [1.807, 2.05) is 38.1 Å². The topological polar surface area (TPSA) is 89.3 Å². The van der Waals surface area contributed by atoms with E-state index in [2.05, 4.69) is 30.2 Å². The number of nitrogens with zero attached hydrogens (tertiary/aromatic N) is 4. The van der Waals surface area contributed by atoms with E-state index in [9.17, 15) is 14.9 Å². The molecule has 7 heteroatoms. The molecule has 1 atom stereocenters. The Kier molecular flexibility index (Phi) is 5.24. The van der Waals surface area contributed by atoms with Crippen LogP contribution in [0.3, 0.4) is 0 Å². The van der Waals surface area contributed by atoms with Crippen molar-refractivity contribution in [3.63, 3.8) is 0 Å². The first-order valence-electron chi connectivity index (χ1n) is 11.3. The van der Waals surface area contributed by atoms with E-state index in [1.54, 1.807) is 37.1 Å². The van der Waals surface area contributed by atoms with Crippen LogP contribution in [0, 0.1) is 16.7 Å². The fourth-order valence-electron chi connectivity index (χ4n) is 4.72. The number of nitriles is 1. The quantitative estimate of drug-likeness (QED) is 0.643. The van der Waals surface area contributed by atoms with Crippen LogP contribution in [0.5, 0.6) is 0 Å². The molecule has 1 aromatic carbocycles. The minimum Gasteiger partial charge on any atom is -0.368 e. The Morgan fingerprint density at radius 1 is 1.12 bits per heavy atom. The van der Waals surface area contributed by atoms with Crippen molar-refractivity contribution in [2.45, 2.75) is 71.5 Å². The molecule has 0 spiro atoms. The van der Waals surface area contributed by atoms with E-state index in [0.29, 0.717) is 12.2 Å². The monoisotopic (exact) mass is 445 g/mol. The van der Waals surface area contributed by atoms with Gasteiger partial charge in [0.1, 0.15) is 11.4 Å². The summed E-state index contributed by atoms with van der Waals surface area (Å²) in [4.78, 5) is 33.9. The summed E-state index contributed by atoms with van der Waals surface area (Å²) >= 11 is 0. The number of aromatic nitrogens is 1. The number of carbonyl (C=O) groups excluding carboxylic acids is 2. The standard InChI is InChI=1S/C26H31N5O2/c1-17(2)29-21-13-18(11-12-28-21)14-30-23(33)31(22(32)25(30,5)6)20-9-7-19(8-10-20)26(16-27)15-24(26,3)4/h7-13,17H,14-15H2,1-6H3,(H,28,29). The molecule has 3 amide bonds. The Morgan fingerprint density at radius 2 is 1.76 bits per heavy atom. The summed E-state index contributed by atoms with van der Waals surface area (Å²) in [6.07, 6.45) is 2.51.